The number of aromatic nitrogens is 4. The number of rotatable bonds is 4. The van der Waals surface area contributed by atoms with Crippen LogP contribution in [0.25, 0.3) is 0 Å². The van der Waals surface area contributed by atoms with E-state index in [1.54, 1.807) is 0 Å². The molecule has 27 heavy (non-hydrogen) atoms. The molecule has 0 spiro atoms. The molecule has 0 radical (unpaired) electrons. The van der Waals surface area contributed by atoms with E-state index in [4.69, 9.17) is 14.7 Å². The molecule has 2 aromatic heterocycles. The molecular formula is C19H25N7O. The summed E-state index contributed by atoms with van der Waals surface area (Å²) in [6, 6.07) is 4.02. The van der Waals surface area contributed by atoms with E-state index in [1.807, 2.05) is 24.5 Å². The molecule has 2 saturated heterocycles. The van der Waals surface area contributed by atoms with Gasteiger partial charge in [0, 0.05) is 57.6 Å². The van der Waals surface area contributed by atoms with Crippen LogP contribution in [0.3, 0.4) is 0 Å². The van der Waals surface area contributed by atoms with Crippen LogP contribution in [0.4, 0.5) is 17.6 Å². The third-order valence-electron chi connectivity index (χ3n) is 5.45. The second-order valence-corrected chi connectivity index (χ2v) is 7.34. The summed E-state index contributed by atoms with van der Waals surface area (Å²) in [7, 11) is 0. The van der Waals surface area contributed by atoms with Crippen LogP contribution in [0.15, 0.2) is 24.5 Å². The minimum absolute atomic E-state index is 0.586. The molecule has 0 N–H and O–H groups in total. The van der Waals surface area contributed by atoms with E-state index >= 15 is 0 Å². The molecular weight excluding hydrogens is 342 g/mol. The first-order valence-electron chi connectivity index (χ1n) is 9.85. The van der Waals surface area contributed by atoms with E-state index in [-0.39, 0.29) is 0 Å². The second-order valence-electron chi connectivity index (χ2n) is 7.34. The van der Waals surface area contributed by atoms with Gasteiger partial charge >= 0.3 is 0 Å². The molecule has 142 valence electrons. The summed E-state index contributed by atoms with van der Waals surface area (Å²) < 4.78 is 5.44. The van der Waals surface area contributed by atoms with Crippen LogP contribution in [0.5, 0.6) is 0 Å². The van der Waals surface area contributed by atoms with Crippen molar-refractivity contribution in [2.75, 3.05) is 67.2 Å². The highest BCUT2D eigenvalue weighted by Crippen LogP contribution is 2.38. The summed E-state index contributed by atoms with van der Waals surface area (Å²) in [5, 5.41) is 0. The molecule has 2 aliphatic heterocycles. The molecule has 0 unspecified atom stereocenters. The Morgan fingerprint density at radius 2 is 1.37 bits per heavy atom. The quantitative estimate of drug-likeness (QED) is 0.801. The molecule has 2 aromatic rings. The predicted molar refractivity (Wildman–Crippen MR) is 103 cm³/mol. The van der Waals surface area contributed by atoms with Gasteiger partial charge in [-0.3, -0.25) is 0 Å². The van der Waals surface area contributed by atoms with Crippen molar-refractivity contribution in [2.24, 2.45) is 0 Å². The van der Waals surface area contributed by atoms with Crippen LogP contribution in [-0.4, -0.2) is 72.4 Å². The summed E-state index contributed by atoms with van der Waals surface area (Å²) >= 11 is 0. The SMILES string of the molecule is c1cc(N2CCN(c3nccc(N4CCOCC4)n3)CC2)nc(C2CC2)n1. The third kappa shape index (κ3) is 3.66. The first-order chi connectivity index (χ1) is 13.4. The van der Waals surface area contributed by atoms with Crippen molar-refractivity contribution < 1.29 is 4.74 Å². The minimum atomic E-state index is 0.586. The molecule has 1 aliphatic carbocycles. The maximum Gasteiger partial charge on any atom is 0.227 e. The molecule has 0 bridgehead atoms. The Morgan fingerprint density at radius 1 is 0.741 bits per heavy atom. The lowest BCUT2D eigenvalue weighted by Gasteiger charge is -2.36. The predicted octanol–water partition coefficient (Wildman–Crippen LogP) is 1.31. The Morgan fingerprint density at radius 3 is 2.11 bits per heavy atom. The van der Waals surface area contributed by atoms with Crippen molar-refractivity contribution in [3.63, 3.8) is 0 Å². The smallest absolute Gasteiger partial charge is 0.227 e. The Labute approximate surface area is 159 Å². The monoisotopic (exact) mass is 367 g/mol. The Balaban J connectivity index is 1.24. The average Bonchev–Trinajstić information content (AvgIpc) is 3.60. The molecule has 0 aromatic carbocycles. The molecule has 5 rings (SSSR count). The van der Waals surface area contributed by atoms with Crippen molar-refractivity contribution in [1.29, 1.82) is 0 Å². The van der Waals surface area contributed by atoms with E-state index in [2.05, 4.69) is 24.7 Å². The highest BCUT2D eigenvalue weighted by Gasteiger charge is 2.28. The maximum absolute atomic E-state index is 5.44. The van der Waals surface area contributed by atoms with E-state index in [9.17, 15) is 0 Å². The zero-order valence-electron chi connectivity index (χ0n) is 15.5. The van der Waals surface area contributed by atoms with Crippen LogP contribution in [0.2, 0.25) is 0 Å². The van der Waals surface area contributed by atoms with Crippen molar-refractivity contribution >= 4 is 17.6 Å². The van der Waals surface area contributed by atoms with Gasteiger partial charge in [0.05, 0.1) is 13.2 Å². The minimum Gasteiger partial charge on any atom is -0.378 e. The van der Waals surface area contributed by atoms with Crippen LogP contribution in [0, 0.1) is 0 Å². The van der Waals surface area contributed by atoms with Gasteiger partial charge in [0.15, 0.2) is 0 Å². The van der Waals surface area contributed by atoms with Crippen LogP contribution >= 0.6 is 0 Å². The standard InChI is InChI=1S/C19H25N7O/c1-2-15(1)18-20-5-3-16(22-18)24-7-9-26(10-8-24)19-21-6-4-17(23-19)25-11-13-27-14-12-25/h3-6,15H,1-2,7-14H2. The van der Waals surface area contributed by atoms with Gasteiger partial charge in [-0.2, -0.15) is 4.98 Å². The largest absolute Gasteiger partial charge is 0.378 e. The molecule has 8 heteroatoms. The van der Waals surface area contributed by atoms with Crippen LogP contribution < -0.4 is 14.7 Å². The fraction of sp³-hybridized carbons (Fsp3) is 0.579. The Kier molecular flexibility index (Phi) is 4.49. The third-order valence-corrected chi connectivity index (χ3v) is 5.45. The molecule has 4 heterocycles. The number of nitrogens with zero attached hydrogens (tertiary/aromatic N) is 7. The second kappa shape index (κ2) is 7.26. The van der Waals surface area contributed by atoms with Gasteiger partial charge in [-0.05, 0) is 25.0 Å². The highest BCUT2D eigenvalue weighted by atomic mass is 16.5. The van der Waals surface area contributed by atoms with Gasteiger partial charge in [-0.15, -0.1) is 0 Å². The van der Waals surface area contributed by atoms with Gasteiger partial charge in [-0.25, -0.2) is 15.0 Å². The number of hydrogen-bond donors (Lipinski definition) is 0. The maximum atomic E-state index is 5.44. The number of anilines is 3. The lowest BCUT2D eigenvalue weighted by atomic mass is 10.3. The van der Waals surface area contributed by atoms with E-state index in [1.165, 1.54) is 12.8 Å². The lowest BCUT2D eigenvalue weighted by Crippen LogP contribution is -2.47. The summed E-state index contributed by atoms with van der Waals surface area (Å²) in [6.45, 7) is 6.95. The number of hydrogen-bond acceptors (Lipinski definition) is 8. The fourth-order valence-electron chi connectivity index (χ4n) is 3.67. The topological polar surface area (TPSA) is 70.5 Å². The number of morpholine rings is 1. The van der Waals surface area contributed by atoms with E-state index in [0.717, 1.165) is 75.9 Å². The first kappa shape index (κ1) is 16.7. The number of piperazine rings is 1. The molecule has 1 saturated carbocycles. The lowest BCUT2D eigenvalue weighted by molar-refractivity contribution is 0.122. The van der Waals surface area contributed by atoms with E-state index in [0.29, 0.717) is 5.92 Å². The summed E-state index contributed by atoms with van der Waals surface area (Å²) in [6.07, 6.45) is 6.23. The molecule has 0 amide bonds. The zero-order valence-corrected chi connectivity index (χ0v) is 15.5. The summed E-state index contributed by atoms with van der Waals surface area (Å²) in [4.78, 5) is 25.4. The van der Waals surface area contributed by atoms with Gasteiger partial charge < -0.3 is 19.4 Å². The molecule has 3 aliphatic rings. The Hall–Kier alpha value is -2.48. The van der Waals surface area contributed by atoms with Crippen LogP contribution in [0.1, 0.15) is 24.6 Å². The average molecular weight is 367 g/mol. The number of ether oxygens (including phenoxy) is 1. The van der Waals surface area contributed by atoms with Gasteiger partial charge in [0.25, 0.3) is 0 Å². The van der Waals surface area contributed by atoms with Gasteiger partial charge in [-0.1, -0.05) is 0 Å². The fourth-order valence-corrected chi connectivity index (χ4v) is 3.67. The summed E-state index contributed by atoms with van der Waals surface area (Å²) in [5.41, 5.74) is 0. The normalized spacial score (nSPS) is 20.8. The molecule has 8 nitrogen and oxygen atoms in total. The van der Waals surface area contributed by atoms with Gasteiger partial charge in [0.1, 0.15) is 17.5 Å². The van der Waals surface area contributed by atoms with Crippen LogP contribution in [-0.2, 0) is 4.74 Å². The summed E-state index contributed by atoms with van der Waals surface area (Å²) in [5.74, 6) is 4.46. The molecule has 3 fully saturated rings. The van der Waals surface area contributed by atoms with Gasteiger partial charge in [0.2, 0.25) is 5.95 Å². The highest BCUT2D eigenvalue weighted by molar-refractivity contribution is 5.46. The zero-order chi connectivity index (χ0) is 18.1. The van der Waals surface area contributed by atoms with Crippen molar-refractivity contribution in [3.05, 3.63) is 30.4 Å². The van der Waals surface area contributed by atoms with Crippen molar-refractivity contribution in [1.82, 2.24) is 19.9 Å². The van der Waals surface area contributed by atoms with E-state index < -0.39 is 0 Å². The van der Waals surface area contributed by atoms with Crippen molar-refractivity contribution in [2.45, 2.75) is 18.8 Å². The first-order valence-corrected chi connectivity index (χ1v) is 9.85. The Bertz CT molecular complexity index is 783. The molecule has 0 atom stereocenters. The van der Waals surface area contributed by atoms with Crippen molar-refractivity contribution in [3.8, 4) is 0 Å².